The third-order valence-electron chi connectivity index (χ3n) is 26.7. The molecule has 0 fully saturated rings. The fourth-order valence-electron chi connectivity index (χ4n) is 20.4. The summed E-state index contributed by atoms with van der Waals surface area (Å²) in [6.45, 7) is 4.78. The van der Waals surface area contributed by atoms with Crippen LogP contribution >= 0.6 is 0 Å². The molecule has 4 heterocycles. The number of rotatable bonds is 15. The topological polar surface area (TPSA) is 26.2 Å². The molecule has 24 aromatic rings. The van der Waals surface area contributed by atoms with Gasteiger partial charge in [0, 0.05) is 105 Å². The Bertz CT molecular complexity index is 8270. The second-order valence-electron chi connectivity index (χ2n) is 34.3. The maximum atomic E-state index is 2.44. The summed E-state index contributed by atoms with van der Waals surface area (Å²) in [5.41, 5.74) is 38.0. The largest absolute Gasteiger partial charge is 0.311 e. The highest BCUT2D eigenvalue weighted by atomic mass is 15.2. The molecular weight excluding hydrogens is 1560 g/mol. The summed E-state index contributed by atoms with van der Waals surface area (Å²) in [6, 6.07) is 177. The van der Waals surface area contributed by atoms with Crippen molar-refractivity contribution in [3.8, 4) is 89.5 Å². The van der Waals surface area contributed by atoms with Gasteiger partial charge < -0.3 is 28.1 Å². The normalized spacial score (nSPS) is 12.2. The highest BCUT2D eigenvalue weighted by Gasteiger charge is 2.37. The summed E-state index contributed by atoms with van der Waals surface area (Å²) in [5.74, 6) is 0. The Hall–Kier alpha value is -16.8. The maximum Gasteiger partial charge on any atom is 0.0547 e. The number of benzene rings is 20. The van der Waals surface area contributed by atoms with Crippen LogP contribution in [-0.2, 0) is 5.41 Å². The number of hydrogen-bond donors (Lipinski definition) is 0. The standard InChI is InChI=1S/C63H45N3.C60H41N3/c1-63(2)57-39-44(45-28-37-56-55-21-11-14-24-61(55)66(62(56)40-45)46-17-7-4-8-18-46)27-36-51(57)52-38-35-50(41-58(52)63)64(47-29-25-43(26-30-47)42-15-5-3-6-16-42)48-31-33-49(34-32-48)65-59-22-12-9-19-53(59)54-20-10-13-23-60(54)65;1-3-13-42(14-4-1)44-27-32-49(33-28-44)61(51-36-38-52(39-37-51)62-57-20-10-7-17-53(57)54-18-8-11-21-58(54)62)50-34-29-45(30-35-50)43-23-25-46(26-24-43)47-31-40-56-55-19-9-12-22-59(55)63(60(56)41-47)48-15-5-2-6-16-48/h3-41H,1-2H3;1-41H. The lowest BCUT2D eigenvalue weighted by Gasteiger charge is -2.28. The van der Waals surface area contributed by atoms with Crippen LogP contribution in [0.5, 0.6) is 0 Å². The monoisotopic (exact) mass is 1650 g/mol. The van der Waals surface area contributed by atoms with Crippen molar-refractivity contribution in [1.29, 1.82) is 0 Å². The van der Waals surface area contributed by atoms with E-state index in [1.54, 1.807) is 0 Å². The summed E-state index contributed by atoms with van der Waals surface area (Å²) < 4.78 is 9.54. The molecule has 6 nitrogen and oxygen atoms in total. The zero-order chi connectivity index (χ0) is 85.6. The first-order chi connectivity index (χ1) is 63.7. The van der Waals surface area contributed by atoms with Crippen LogP contribution in [0.25, 0.3) is 177 Å². The van der Waals surface area contributed by atoms with Crippen molar-refractivity contribution < 1.29 is 0 Å². The third-order valence-corrected chi connectivity index (χ3v) is 26.7. The Morgan fingerprint density at radius 1 is 0.155 bits per heavy atom. The van der Waals surface area contributed by atoms with E-state index in [4.69, 9.17) is 0 Å². The molecule has 1 aliphatic carbocycles. The van der Waals surface area contributed by atoms with Gasteiger partial charge in [0.1, 0.15) is 0 Å². The number of hydrogen-bond acceptors (Lipinski definition) is 2. The van der Waals surface area contributed by atoms with E-state index in [-0.39, 0.29) is 5.41 Å². The smallest absolute Gasteiger partial charge is 0.0547 e. The van der Waals surface area contributed by atoms with Gasteiger partial charge in [-0.3, -0.25) is 0 Å². The molecule has 129 heavy (non-hydrogen) atoms. The zero-order valence-corrected chi connectivity index (χ0v) is 71.4. The van der Waals surface area contributed by atoms with Crippen molar-refractivity contribution in [3.63, 3.8) is 0 Å². The van der Waals surface area contributed by atoms with Crippen molar-refractivity contribution in [1.82, 2.24) is 18.3 Å². The molecule has 0 spiro atoms. The van der Waals surface area contributed by atoms with Gasteiger partial charge in [0.15, 0.2) is 0 Å². The highest BCUT2D eigenvalue weighted by Crippen LogP contribution is 2.53. The summed E-state index contributed by atoms with van der Waals surface area (Å²) in [5, 5.41) is 10.1. The molecule has 0 saturated carbocycles. The lowest BCUT2D eigenvalue weighted by molar-refractivity contribution is 0.660. The number of nitrogens with zero attached hydrogens (tertiary/aromatic N) is 6. The van der Waals surface area contributed by atoms with Crippen LogP contribution in [0.4, 0.5) is 34.1 Å². The molecule has 0 atom stereocenters. The molecule has 0 amide bonds. The van der Waals surface area contributed by atoms with E-state index in [1.807, 2.05) is 0 Å². The second kappa shape index (κ2) is 31.5. The first kappa shape index (κ1) is 75.9. The van der Waals surface area contributed by atoms with E-state index < -0.39 is 0 Å². The van der Waals surface area contributed by atoms with Crippen LogP contribution in [0, 0.1) is 0 Å². The molecule has 0 N–H and O–H groups in total. The molecule has 4 aromatic heterocycles. The Kier molecular flexibility index (Phi) is 18.5. The van der Waals surface area contributed by atoms with Gasteiger partial charge in [-0.1, -0.05) is 323 Å². The fraction of sp³-hybridized carbons (Fsp3) is 0.0244. The van der Waals surface area contributed by atoms with Gasteiger partial charge in [-0.15, -0.1) is 0 Å². The lowest BCUT2D eigenvalue weighted by Crippen LogP contribution is -2.16. The Balaban J connectivity index is 0.000000143. The van der Waals surface area contributed by atoms with Crippen molar-refractivity contribution in [2.45, 2.75) is 19.3 Å². The minimum atomic E-state index is -0.233. The minimum absolute atomic E-state index is 0.233. The summed E-state index contributed by atoms with van der Waals surface area (Å²) in [7, 11) is 0. The summed E-state index contributed by atoms with van der Waals surface area (Å²) in [6.07, 6.45) is 0. The van der Waals surface area contributed by atoms with Gasteiger partial charge in [-0.05, 0) is 254 Å². The molecule has 0 aliphatic heterocycles. The van der Waals surface area contributed by atoms with E-state index in [0.717, 1.165) is 45.5 Å². The molecule has 608 valence electrons. The van der Waals surface area contributed by atoms with Crippen molar-refractivity contribution in [2.75, 3.05) is 9.80 Å². The fourth-order valence-corrected chi connectivity index (χ4v) is 20.4. The summed E-state index contributed by atoms with van der Waals surface area (Å²) in [4.78, 5) is 4.76. The van der Waals surface area contributed by atoms with Crippen LogP contribution in [0.15, 0.2) is 485 Å². The SMILES string of the molecule is CC1(C)c2cc(-c3ccc4c5ccccc5n(-c5ccccc5)c4c3)ccc2-c2ccc(N(c3ccc(-c4ccccc4)cc3)c3ccc(-n4c5ccccc5c5ccccc54)cc3)cc21.c1ccc(-c2ccc(N(c3ccc(-c4ccc(-c5ccc6c7ccccc7n(-c7ccccc7)c6c5)cc4)cc3)c3ccc(-n4c5ccccc5c5ccccc54)cc3)cc2)cc1. The zero-order valence-electron chi connectivity index (χ0n) is 71.4. The number of para-hydroxylation sites is 8. The van der Waals surface area contributed by atoms with E-state index in [2.05, 4.69) is 527 Å². The van der Waals surface area contributed by atoms with Crippen LogP contribution in [0.2, 0.25) is 0 Å². The molecule has 0 radical (unpaired) electrons. The van der Waals surface area contributed by atoms with Crippen molar-refractivity contribution >= 4 is 121 Å². The van der Waals surface area contributed by atoms with Crippen LogP contribution in [-0.4, -0.2) is 18.3 Å². The second-order valence-corrected chi connectivity index (χ2v) is 34.3. The van der Waals surface area contributed by atoms with Crippen LogP contribution in [0.3, 0.4) is 0 Å². The Labute approximate surface area is 749 Å². The van der Waals surface area contributed by atoms with Gasteiger partial charge in [0.25, 0.3) is 0 Å². The molecule has 0 bridgehead atoms. The van der Waals surface area contributed by atoms with Crippen molar-refractivity contribution in [3.05, 3.63) is 496 Å². The minimum Gasteiger partial charge on any atom is -0.311 e. The van der Waals surface area contributed by atoms with Gasteiger partial charge >= 0.3 is 0 Å². The highest BCUT2D eigenvalue weighted by molar-refractivity contribution is 6.13. The first-order valence-corrected chi connectivity index (χ1v) is 44.5. The Morgan fingerprint density at radius 3 is 0.713 bits per heavy atom. The predicted molar refractivity (Wildman–Crippen MR) is 544 cm³/mol. The van der Waals surface area contributed by atoms with Crippen LogP contribution in [0.1, 0.15) is 25.0 Å². The average molecular weight is 1650 g/mol. The van der Waals surface area contributed by atoms with Gasteiger partial charge in [0.2, 0.25) is 0 Å². The molecule has 6 heteroatoms. The van der Waals surface area contributed by atoms with Gasteiger partial charge in [-0.25, -0.2) is 0 Å². The predicted octanol–water partition coefficient (Wildman–Crippen LogP) is 33.3. The van der Waals surface area contributed by atoms with E-state index in [9.17, 15) is 0 Å². The van der Waals surface area contributed by atoms with Crippen molar-refractivity contribution in [2.24, 2.45) is 0 Å². The third kappa shape index (κ3) is 13.2. The first-order valence-electron chi connectivity index (χ1n) is 44.5. The average Bonchev–Trinajstić information content (AvgIpc) is 1.57. The van der Waals surface area contributed by atoms with Gasteiger partial charge in [0.05, 0.1) is 44.1 Å². The van der Waals surface area contributed by atoms with Gasteiger partial charge in [-0.2, -0.15) is 0 Å². The molecule has 25 rings (SSSR count). The quantitative estimate of drug-likeness (QED) is 0.102. The number of anilines is 6. The Morgan fingerprint density at radius 2 is 0.364 bits per heavy atom. The lowest BCUT2D eigenvalue weighted by atomic mass is 9.81. The molecular formula is C123H86N6. The van der Waals surface area contributed by atoms with E-state index in [1.165, 1.54) is 176 Å². The molecule has 20 aromatic carbocycles. The summed E-state index contributed by atoms with van der Waals surface area (Å²) >= 11 is 0. The molecule has 0 unspecified atom stereocenters. The number of aromatic nitrogens is 4. The van der Waals surface area contributed by atoms with E-state index in [0.29, 0.717) is 0 Å². The maximum absolute atomic E-state index is 2.44. The van der Waals surface area contributed by atoms with E-state index >= 15 is 0 Å². The molecule has 0 saturated heterocycles. The number of fused-ring (bicyclic) bond motifs is 15. The molecule has 1 aliphatic rings. The van der Waals surface area contributed by atoms with Crippen LogP contribution < -0.4 is 9.80 Å².